The predicted molar refractivity (Wildman–Crippen MR) is 140 cm³/mol. The molecule has 0 unspecified atom stereocenters. The Morgan fingerprint density at radius 3 is 2.22 bits per heavy atom. The van der Waals surface area contributed by atoms with Crippen LogP contribution in [0.4, 0.5) is 5.69 Å². The fourth-order valence-electron chi connectivity index (χ4n) is 4.28. The molecule has 1 fully saturated rings. The van der Waals surface area contributed by atoms with Gasteiger partial charge in [-0.05, 0) is 48.4 Å². The number of anilines is 1. The minimum atomic E-state index is -0.360. The standard InChI is InChI=1S/C29H34N2O5/c1-33-24-14-12-23(13-15-24)22-36-27-10-5-3-8-25(27)29(32)35-21-7-16-30-17-19-31(20-18-30)26-9-4-6-11-28(26)34-2/h3-6,8-15H,7,16-22H2,1-2H3. The van der Waals surface area contributed by atoms with Gasteiger partial charge in [0, 0.05) is 32.7 Å². The molecule has 4 rings (SSSR count). The smallest absolute Gasteiger partial charge is 0.341 e. The van der Waals surface area contributed by atoms with E-state index in [4.69, 9.17) is 18.9 Å². The second kappa shape index (κ2) is 12.8. The molecular formula is C29H34N2O5. The fraction of sp³-hybridized carbons (Fsp3) is 0.345. The highest BCUT2D eigenvalue weighted by Gasteiger charge is 2.19. The maximum absolute atomic E-state index is 12.7. The Labute approximate surface area is 213 Å². The monoisotopic (exact) mass is 490 g/mol. The molecule has 0 radical (unpaired) electrons. The number of carbonyl (C=O) groups excluding carboxylic acids is 1. The Hall–Kier alpha value is -3.71. The number of nitrogens with zero attached hydrogens (tertiary/aromatic N) is 2. The van der Waals surface area contributed by atoms with Crippen molar-refractivity contribution in [3.05, 3.63) is 83.9 Å². The quantitative estimate of drug-likeness (QED) is 0.286. The van der Waals surface area contributed by atoms with Crippen LogP contribution in [0.5, 0.6) is 17.2 Å². The summed E-state index contributed by atoms with van der Waals surface area (Å²) in [5.74, 6) is 1.86. The van der Waals surface area contributed by atoms with E-state index >= 15 is 0 Å². The minimum absolute atomic E-state index is 0.356. The lowest BCUT2D eigenvalue weighted by molar-refractivity contribution is 0.0482. The maximum Gasteiger partial charge on any atom is 0.341 e. The first-order chi connectivity index (χ1) is 17.7. The van der Waals surface area contributed by atoms with Gasteiger partial charge in [-0.25, -0.2) is 4.79 Å². The fourth-order valence-corrected chi connectivity index (χ4v) is 4.28. The van der Waals surface area contributed by atoms with E-state index in [1.165, 1.54) is 0 Å². The van der Waals surface area contributed by atoms with Crippen LogP contribution in [0.25, 0.3) is 0 Å². The van der Waals surface area contributed by atoms with Crippen molar-refractivity contribution >= 4 is 11.7 Å². The number of benzene rings is 3. The third kappa shape index (κ3) is 6.70. The molecule has 190 valence electrons. The summed E-state index contributed by atoms with van der Waals surface area (Å²) in [6, 6.07) is 23.0. The number of esters is 1. The van der Waals surface area contributed by atoms with Crippen molar-refractivity contribution in [2.75, 3.05) is 58.5 Å². The van der Waals surface area contributed by atoms with Gasteiger partial charge in [0.1, 0.15) is 29.4 Å². The lowest BCUT2D eigenvalue weighted by Gasteiger charge is -2.36. The first kappa shape index (κ1) is 25.4. The lowest BCUT2D eigenvalue weighted by atomic mass is 10.2. The molecule has 0 saturated carbocycles. The summed E-state index contributed by atoms with van der Waals surface area (Å²) < 4.78 is 22.2. The average Bonchev–Trinajstić information content (AvgIpc) is 2.95. The number of hydrogen-bond acceptors (Lipinski definition) is 7. The van der Waals surface area contributed by atoms with Crippen LogP contribution in [0.1, 0.15) is 22.3 Å². The molecule has 0 amide bonds. The predicted octanol–water partition coefficient (Wildman–Crippen LogP) is 4.65. The normalized spacial score (nSPS) is 13.8. The van der Waals surface area contributed by atoms with Gasteiger partial charge in [0.05, 0.1) is 26.5 Å². The molecule has 1 aliphatic rings. The van der Waals surface area contributed by atoms with E-state index in [0.717, 1.165) is 61.9 Å². The SMILES string of the molecule is COc1ccc(COc2ccccc2C(=O)OCCCN2CCN(c3ccccc3OC)CC2)cc1. The second-order valence-electron chi connectivity index (χ2n) is 8.62. The van der Waals surface area contributed by atoms with Crippen LogP contribution in [0.2, 0.25) is 0 Å². The highest BCUT2D eigenvalue weighted by atomic mass is 16.5. The minimum Gasteiger partial charge on any atom is -0.497 e. The topological polar surface area (TPSA) is 60.5 Å². The molecule has 3 aromatic carbocycles. The van der Waals surface area contributed by atoms with E-state index in [0.29, 0.717) is 24.5 Å². The van der Waals surface area contributed by atoms with Crippen molar-refractivity contribution < 1.29 is 23.7 Å². The van der Waals surface area contributed by atoms with Crippen molar-refractivity contribution in [3.63, 3.8) is 0 Å². The van der Waals surface area contributed by atoms with Crippen molar-refractivity contribution in [2.24, 2.45) is 0 Å². The zero-order valence-corrected chi connectivity index (χ0v) is 21.0. The summed E-state index contributed by atoms with van der Waals surface area (Å²) in [6.07, 6.45) is 0.787. The van der Waals surface area contributed by atoms with E-state index < -0.39 is 0 Å². The molecule has 1 aliphatic heterocycles. The first-order valence-corrected chi connectivity index (χ1v) is 12.3. The molecule has 0 N–H and O–H groups in total. The van der Waals surface area contributed by atoms with Gasteiger partial charge in [-0.2, -0.15) is 0 Å². The van der Waals surface area contributed by atoms with Gasteiger partial charge in [-0.15, -0.1) is 0 Å². The van der Waals surface area contributed by atoms with Crippen LogP contribution in [-0.2, 0) is 11.3 Å². The number of carbonyl (C=O) groups is 1. The Kier molecular flexibility index (Phi) is 9.05. The van der Waals surface area contributed by atoms with Crippen LogP contribution < -0.4 is 19.1 Å². The van der Waals surface area contributed by atoms with E-state index in [2.05, 4.69) is 15.9 Å². The van der Waals surface area contributed by atoms with Crippen LogP contribution in [0.15, 0.2) is 72.8 Å². The average molecular weight is 491 g/mol. The summed E-state index contributed by atoms with van der Waals surface area (Å²) in [6.45, 7) is 5.44. The number of methoxy groups -OCH3 is 2. The number of piperazine rings is 1. The molecule has 0 atom stereocenters. The Bertz CT molecular complexity index is 1110. The number of rotatable bonds is 11. The van der Waals surface area contributed by atoms with Gasteiger partial charge in [-0.3, -0.25) is 4.90 Å². The highest BCUT2D eigenvalue weighted by Crippen LogP contribution is 2.28. The van der Waals surface area contributed by atoms with Gasteiger partial charge in [0.15, 0.2) is 0 Å². The number of para-hydroxylation sites is 3. The Morgan fingerprint density at radius 2 is 1.50 bits per heavy atom. The molecular weight excluding hydrogens is 456 g/mol. The summed E-state index contributed by atoms with van der Waals surface area (Å²) in [7, 11) is 3.35. The van der Waals surface area contributed by atoms with Crippen LogP contribution in [-0.4, -0.2) is 64.4 Å². The lowest BCUT2D eigenvalue weighted by Crippen LogP contribution is -2.46. The molecule has 1 saturated heterocycles. The largest absolute Gasteiger partial charge is 0.497 e. The summed E-state index contributed by atoms with van der Waals surface area (Å²) >= 11 is 0. The van der Waals surface area contributed by atoms with Crippen LogP contribution >= 0.6 is 0 Å². The molecule has 36 heavy (non-hydrogen) atoms. The maximum atomic E-state index is 12.7. The zero-order valence-electron chi connectivity index (χ0n) is 21.0. The first-order valence-electron chi connectivity index (χ1n) is 12.3. The van der Waals surface area contributed by atoms with Crippen molar-refractivity contribution in [2.45, 2.75) is 13.0 Å². The third-order valence-corrected chi connectivity index (χ3v) is 6.31. The van der Waals surface area contributed by atoms with E-state index in [1.54, 1.807) is 26.4 Å². The zero-order chi connectivity index (χ0) is 25.2. The van der Waals surface area contributed by atoms with Crippen LogP contribution in [0.3, 0.4) is 0 Å². The molecule has 0 aromatic heterocycles. The Morgan fingerprint density at radius 1 is 0.806 bits per heavy atom. The van der Waals surface area contributed by atoms with Crippen molar-refractivity contribution in [1.82, 2.24) is 4.90 Å². The van der Waals surface area contributed by atoms with Gasteiger partial charge in [-0.1, -0.05) is 36.4 Å². The summed E-state index contributed by atoms with van der Waals surface area (Å²) in [5.41, 5.74) is 2.57. The highest BCUT2D eigenvalue weighted by molar-refractivity contribution is 5.92. The second-order valence-corrected chi connectivity index (χ2v) is 8.62. The van der Waals surface area contributed by atoms with Crippen molar-refractivity contribution in [3.8, 4) is 17.2 Å². The molecule has 0 bridgehead atoms. The van der Waals surface area contributed by atoms with E-state index in [-0.39, 0.29) is 5.97 Å². The molecule has 3 aromatic rings. The third-order valence-electron chi connectivity index (χ3n) is 6.31. The molecule has 7 nitrogen and oxygen atoms in total. The van der Waals surface area contributed by atoms with Gasteiger partial charge in [0.2, 0.25) is 0 Å². The molecule has 7 heteroatoms. The van der Waals surface area contributed by atoms with Gasteiger partial charge >= 0.3 is 5.97 Å². The summed E-state index contributed by atoms with van der Waals surface area (Å²) in [5, 5.41) is 0. The summed E-state index contributed by atoms with van der Waals surface area (Å²) in [4.78, 5) is 17.5. The van der Waals surface area contributed by atoms with E-state index in [9.17, 15) is 4.79 Å². The van der Waals surface area contributed by atoms with E-state index in [1.807, 2.05) is 54.6 Å². The van der Waals surface area contributed by atoms with Gasteiger partial charge < -0.3 is 23.8 Å². The van der Waals surface area contributed by atoms with Gasteiger partial charge in [0.25, 0.3) is 0 Å². The van der Waals surface area contributed by atoms with Crippen LogP contribution in [0, 0.1) is 0 Å². The number of hydrogen-bond donors (Lipinski definition) is 0. The molecule has 0 spiro atoms. The number of ether oxygens (including phenoxy) is 4. The molecule has 1 heterocycles. The van der Waals surface area contributed by atoms with Crippen molar-refractivity contribution in [1.29, 1.82) is 0 Å². The molecule has 0 aliphatic carbocycles. The Balaban J connectivity index is 1.20.